The normalized spacial score (nSPS) is 17.6. The molecule has 172 valence electrons. The van der Waals surface area contributed by atoms with Gasteiger partial charge in [0.05, 0.1) is 12.0 Å². The van der Waals surface area contributed by atoms with Crippen LogP contribution >= 0.6 is 0 Å². The van der Waals surface area contributed by atoms with Crippen LogP contribution in [-0.4, -0.2) is 30.4 Å². The van der Waals surface area contributed by atoms with Crippen LogP contribution in [0.15, 0.2) is 54.6 Å². The number of hydrogen-bond donors (Lipinski definition) is 1. The van der Waals surface area contributed by atoms with Gasteiger partial charge in [-0.15, -0.1) is 0 Å². The molecule has 1 amide bonds. The van der Waals surface area contributed by atoms with Crippen molar-refractivity contribution < 1.29 is 14.3 Å². The summed E-state index contributed by atoms with van der Waals surface area (Å²) in [6.45, 7) is 16.0. The second kappa shape index (κ2) is 16.3. The molecule has 0 aromatic heterocycles. The van der Waals surface area contributed by atoms with Crippen LogP contribution in [0.25, 0.3) is 11.1 Å². The zero-order chi connectivity index (χ0) is 23.8. The van der Waals surface area contributed by atoms with Gasteiger partial charge < -0.3 is 10.1 Å². The number of ketones is 1. The predicted octanol–water partition coefficient (Wildman–Crippen LogP) is 6.40. The van der Waals surface area contributed by atoms with E-state index in [1.165, 1.54) is 6.42 Å². The highest BCUT2D eigenvalue weighted by atomic mass is 16.5. The molecule has 4 nitrogen and oxygen atoms in total. The van der Waals surface area contributed by atoms with Gasteiger partial charge in [0.25, 0.3) is 0 Å². The summed E-state index contributed by atoms with van der Waals surface area (Å²) in [5.74, 6) is -0.564. The van der Waals surface area contributed by atoms with Crippen LogP contribution in [0.2, 0.25) is 0 Å². The first-order valence-electron chi connectivity index (χ1n) is 11.6. The van der Waals surface area contributed by atoms with Crippen molar-refractivity contribution in [2.45, 2.75) is 79.9 Å². The van der Waals surface area contributed by atoms with E-state index in [0.717, 1.165) is 16.7 Å². The molecule has 0 saturated carbocycles. The standard InChI is InChI=1S/C20H21NO3.C3H8.2C2H6/c1-13(20(23)21-19-14(2)24-12-18(19)22)16-9-6-10-17(11-16)15-7-4-3-5-8-15;1-3-2;2*1-2/h3-11,13-14,19H,12H2,1-2H3,(H,21,23);3H2,1-2H3;2*1-2H3. The Morgan fingerprint density at radius 2 is 1.55 bits per heavy atom. The molecule has 2 aromatic carbocycles. The summed E-state index contributed by atoms with van der Waals surface area (Å²) in [4.78, 5) is 24.3. The van der Waals surface area contributed by atoms with Gasteiger partial charge in [-0.3, -0.25) is 9.59 Å². The Hall–Kier alpha value is -2.46. The largest absolute Gasteiger partial charge is 0.368 e. The van der Waals surface area contributed by atoms with Crippen LogP contribution in [0, 0.1) is 0 Å². The maximum absolute atomic E-state index is 12.5. The summed E-state index contributed by atoms with van der Waals surface area (Å²) in [6, 6.07) is 17.4. The molecule has 2 aromatic rings. The highest BCUT2D eigenvalue weighted by Gasteiger charge is 2.34. The summed E-state index contributed by atoms with van der Waals surface area (Å²) < 4.78 is 5.28. The number of Topliss-reactive ketones (excluding diaryl/α,β-unsaturated/α-hetero) is 1. The topological polar surface area (TPSA) is 55.4 Å². The summed E-state index contributed by atoms with van der Waals surface area (Å²) in [7, 11) is 0. The Morgan fingerprint density at radius 3 is 2.06 bits per heavy atom. The minimum absolute atomic E-state index is 0.0684. The number of ether oxygens (including phenoxy) is 1. The molecule has 0 spiro atoms. The third kappa shape index (κ3) is 9.06. The fourth-order valence-electron chi connectivity index (χ4n) is 2.91. The minimum atomic E-state index is -0.544. The fraction of sp³-hybridized carbons (Fsp3) is 0.481. The molecule has 4 heteroatoms. The van der Waals surface area contributed by atoms with E-state index in [1.807, 2.05) is 89.2 Å². The first-order chi connectivity index (χ1) is 15.0. The number of carbonyl (C=O) groups excluding carboxylic acids is 2. The molecule has 0 aliphatic carbocycles. The predicted molar refractivity (Wildman–Crippen MR) is 131 cm³/mol. The van der Waals surface area contributed by atoms with Crippen LogP contribution < -0.4 is 5.32 Å². The van der Waals surface area contributed by atoms with E-state index in [0.29, 0.717) is 0 Å². The zero-order valence-corrected chi connectivity index (χ0v) is 20.6. The molecular formula is C27H41NO3. The molecule has 1 aliphatic rings. The van der Waals surface area contributed by atoms with Crippen LogP contribution in [-0.2, 0) is 14.3 Å². The van der Waals surface area contributed by atoms with Crippen molar-refractivity contribution in [2.75, 3.05) is 6.61 Å². The number of amides is 1. The van der Waals surface area contributed by atoms with Gasteiger partial charge in [-0.05, 0) is 30.5 Å². The van der Waals surface area contributed by atoms with Crippen molar-refractivity contribution in [2.24, 2.45) is 0 Å². The Balaban J connectivity index is 0.00000116. The first-order valence-corrected chi connectivity index (χ1v) is 11.6. The second-order valence-corrected chi connectivity index (χ2v) is 6.89. The molecule has 1 saturated heterocycles. The maximum Gasteiger partial charge on any atom is 0.227 e. The van der Waals surface area contributed by atoms with Gasteiger partial charge in [0.1, 0.15) is 12.6 Å². The average Bonchev–Trinajstić information content (AvgIpc) is 3.14. The van der Waals surface area contributed by atoms with Gasteiger partial charge in [-0.2, -0.15) is 0 Å². The SMILES string of the molecule is CC.CC.CC(C(=O)NC1C(=O)COC1C)c1cccc(-c2ccccc2)c1.CCC. The number of benzene rings is 2. The molecule has 0 bridgehead atoms. The maximum atomic E-state index is 12.5. The molecule has 3 atom stereocenters. The molecule has 0 radical (unpaired) electrons. The van der Waals surface area contributed by atoms with Crippen molar-refractivity contribution in [1.29, 1.82) is 0 Å². The zero-order valence-electron chi connectivity index (χ0n) is 20.6. The van der Waals surface area contributed by atoms with Crippen LogP contribution in [0.5, 0.6) is 0 Å². The Kier molecular flexibility index (Phi) is 15.0. The lowest BCUT2D eigenvalue weighted by Gasteiger charge is -2.19. The van der Waals surface area contributed by atoms with E-state index in [1.54, 1.807) is 6.92 Å². The van der Waals surface area contributed by atoms with Crippen molar-refractivity contribution in [3.63, 3.8) is 0 Å². The Bertz CT molecular complexity index is 758. The van der Waals surface area contributed by atoms with E-state index in [4.69, 9.17) is 4.74 Å². The van der Waals surface area contributed by atoms with Crippen LogP contribution in [0.3, 0.4) is 0 Å². The highest BCUT2D eigenvalue weighted by molar-refractivity contribution is 5.93. The van der Waals surface area contributed by atoms with Gasteiger partial charge in [0.15, 0.2) is 5.78 Å². The lowest BCUT2D eigenvalue weighted by Crippen LogP contribution is -2.45. The minimum Gasteiger partial charge on any atom is -0.368 e. The lowest BCUT2D eigenvalue weighted by molar-refractivity contribution is -0.127. The second-order valence-electron chi connectivity index (χ2n) is 6.89. The number of carbonyl (C=O) groups is 2. The van der Waals surface area contributed by atoms with E-state index in [-0.39, 0.29) is 30.3 Å². The van der Waals surface area contributed by atoms with Gasteiger partial charge >= 0.3 is 0 Å². The van der Waals surface area contributed by atoms with Gasteiger partial charge in [-0.25, -0.2) is 0 Å². The van der Waals surface area contributed by atoms with Gasteiger partial charge in [0.2, 0.25) is 5.91 Å². The summed E-state index contributed by atoms with van der Waals surface area (Å²) in [6.07, 6.45) is 0.976. The molecule has 1 fully saturated rings. The molecule has 1 aliphatic heterocycles. The van der Waals surface area contributed by atoms with E-state index >= 15 is 0 Å². The van der Waals surface area contributed by atoms with Crippen LogP contribution in [0.4, 0.5) is 0 Å². The van der Waals surface area contributed by atoms with Crippen LogP contribution in [0.1, 0.15) is 73.3 Å². The van der Waals surface area contributed by atoms with Crippen molar-refractivity contribution in [1.82, 2.24) is 5.32 Å². The third-order valence-electron chi connectivity index (χ3n) is 4.49. The highest BCUT2D eigenvalue weighted by Crippen LogP contribution is 2.24. The monoisotopic (exact) mass is 427 g/mol. The lowest BCUT2D eigenvalue weighted by atomic mass is 9.95. The van der Waals surface area contributed by atoms with Gasteiger partial charge in [0, 0.05) is 0 Å². The molecule has 3 rings (SSSR count). The molecule has 3 unspecified atom stereocenters. The Labute approximate surface area is 189 Å². The third-order valence-corrected chi connectivity index (χ3v) is 4.49. The first kappa shape index (κ1) is 28.5. The molecule has 1 heterocycles. The number of rotatable bonds is 4. The number of hydrogen-bond acceptors (Lipinski definition) is 3. The Morgan fingerprint density at radius 1 is 1.00 bits per heavy atom. The average molecular weight is 428 g/mol. The van der Waals surface area contributed by atoms with E-state index < -0.39 is 6.04 Å². The van der Waals surface area contributed by atoms with E-state index in [9.17, 15) is 9.59 Å². The van der Waals surface area contributed by atoms with Gasteiger partial charge in [-0.1, -0.05) is 103 Å². The summed E-state index contributed by atoms with van der Waals surface area (Å²) in [5, 5.41) is 2.82. The molecular weight excluding hydrogens is 386 g/mol. The van der Waals surface area contributed by atoms with Crippen molar-refractivity contribution in [3.8, 4) is 11.1 Å². The molecule has 1 N–H and O–H groups in total. The quantitative estimate of drug-likeness (QED) is 0.614. The summed E-state index contributed by atoms with van der Waals surface area (Å²) in [5.41, 5.74) is 3.11. The summed E-state index contributed by atoms with van der Waals surface area (Å²) >= 11 is 0. The smallest absolute Gasteiger partial charge is 0.227 e. The van der Waals surface area contributed by atoms with E-state index in [2.05, 4.69) is 19.2 Å². The molecule has 31 heavy (non-hydrogen) atoms. The van der Waals surface area contributed by atoms with Crippen molar-refractivity contribution in [3.05, 3.63) is 60.2 Å². The van der Waals surface area contributed by atoms with Crippen molar-refractivity contribution >= 4 is 11.7 Å². The number of nitrogens with one attached hydrogen (secondary N) is 1. The fourth-order valence-corrected chi connectivity index (χ4v) is 2.91.